The quantitative estimate of drug-likeness (QED) is 0.745. The highest BCUT2D eigenvalue weighted by Gasteiger charge is 1.93. The Morgan fingerprint density at radius 1 is 0.952 bits per heavy atom. The number of rotatable bonds is 0. The van der Waals surface area contributed by atoms with Crippen molar-refractivity contribution >= 4 is 6.40 Å². The number of nitrogens with one attached hydrogen (secondary N) is 2. The molecule has 0 radical (unpaired) electrons. The van der Waals surface area contributed by atoms with Gasteiger partial charge < -0.3 is 19.2 Å². The number of nitrogens with zero attached hydrogens (tertiary/aromatic N) is 2. The highest BCUT2D eigenvalue weighted by Crippen LogP contribution is 1.96. The summed E-state index contributed by atoms with van der Waals surface area (Å²) < 4.78 is 14.0. The van der Waals surface area contributed by atoms with Gasteiger partial charge in [-0.2, -0.15) is 0 Å². The molecule has 0 aromatic carbocycles. The second-order valence-electron chi connectivity index (χ2n) is 4.42. The van der Waals surface area contributed by atoms with E-state index >= 15 is 0 Å². The second-order valence-corrected chi connectivity index (χ2v) is 4.42. The zero-order valence-corrected chi connectivity index (χ0v) is 12.5. The maximum absolute atomic E-state index is 4.83. The van der Waals surface area contributed by atoms with Gasteiger partial charge in [0.2, 0.25) is 0 Å². The first-order valence-corrected chi connectivity index (χ1v) is 7.41. The first-order valence-electron chi connectivity index (χ1n) is 7.41. The van der Waals surface area contributed by atoms with Crippen molar-refractivity contribution in [3.63, 3.8) is 0 Å². The monoisotopic (exact) mass is 298 g/mol. The molecule has 4 rings (SSSR count). The molecule has 0 spiro atoms. The van der Waals surface area contributed by atoms with Gasteiger partial charge in [0.05, 0.1) is 26.1 Å². The summed E-state index contributed by atoms with van der Waals surface area (Å²) in [5, 5.41) is 6.28. The van der Waals surface area contributed by atoms with Crippen LogP contribution < -0.4 is 10.6 Å². The van der Waals surface area contributed by atoms with Crippen LogP contribution in [0.2, 0.25) is 0 Å². The third-order valence-electron chi connectivity index (χ3n) is 2.67. The average Bonchev–Trinajstić information content (AvgIpc) is 3.38. The third-order valence-corrected chi connectivity index (χ3v) is 2.67. The standard InChI is InChI=1S/C5H11N.C3H7NO.C3H5NO.C3H3NO/c1-2-4-6-5-3-1;3*1-2-5-3-4-1/h6H,1-5H2;4H,1-3H2;3H,1-2H2;1-3H. The van der Waals surface area contributed by atoms with Gasteiger partial charge in [-0.05, 0) is 25.9 Å². The normalized spacial score (nSPS) is 19.0. The Balaban J connectivity index is 0.000000140. The number of ether oxygens (including phenoxy) is 2. The van der Waals surface area contributed by atoms with E-state index in [0.29, 0.717) is 0 Å². The summed E-state index contributed by atoms with van der Waals surface area (Å²) in [4.78, 5) is 7.29. The molecule has 3 aliphatic rings. The summed E-state index contributed by atoms with van der Waals surface area (Å²) in [6, 6.07) is 0. The van der Waals surface area contributed by atoms with Crippen molar-refractivity contribution < 1.29 is 13.9 Å². The van der Waals surface area contributed by atoms with Crippen molar-refractivity contribution in [3.05, 3.63) is 18.9 Å². The summed E-state index contributed by atoms with van der Waals surface area (Å²) in [7, 11) is 0. The Bertz CT molecular complexity index is 270. The van der Waals surface area contributed by atoms with Gasteiger partial charge in [-0.3, -0.25) is 10.3 Å². The number of hydrogen-bond acceptors (Lipinski definition) is 7. The highest BCUT2D eigenvalue weighted by atomic mass is 16.5. The summed E-state index contributed by atoms with van der Waals surface area (Å²) in [6.07, 6.45) is 10.2. The lowest BCUT2D eigenvalue weighted by molar-refractivity contribution is 0.194. The lowest BCUT2D eigenvalue weighted by atomic mass is 10.2. The van der Waals surface area contributed by atoms with Crippen LogP contribution in [0.3, 0.4) is 0 Å². The Kier molecular flexibility index (Phi) is 12.5. The topological polar surface area (TPSA) is 80.9 Å². The van der Waals surface area contributed by atoms with Crippen molar-refractivity contribution in [2.24, 2.45) is 4.99 Å². The maximum Gasteiger partial charge on any atom is 0.180 e. The van der Waals surface area contributed by atoms with Gasteiger partial charge in [-0.15, -0.1) is 0 Å². The van der Waals surface area contributed by atoms with E-state index in [1.54, 1.807) is 6.20 Å². The fraction of sp³-hybridized carbons (Fsp3) is 0.714. The molecular formula is C14H26N4O3. The SMILES string of the molecule is C1=NCCO1.C1CCNCC1.C1COCN1.c1cocn1. The number of aliphatic imine (C=N–C) groups is 1. The summed E-state index contributed by atoms with van der Waals surface area (Å²) in [5.41, 5.74) is 0. The lowest BCUT2D eigenvalue weighted by Crippen LogP contribution is -2.21. The Morgan fingerprint density at radius 2 is 1.86 bits per heavy atom. The second kappa shape index (κ2) is 15.0. The molecule has 2 N–H and O–H groups in total. The molecule has 2 fully saturated rings. The van der Waals surface area contributed by atoms with E-state index in [9.17, 15) is 0 Å². The van der Waals surface area contributed by atoms with Crippen LogP contribution in [-0.4, -0.2) is 57.5 Å². The Morgan fingerprint density at radius 3 is 2.05 bits per heavy atom. The number of oxazole rings is 1. The predicted molar refractivity (Wildman–Crippen MR) is 81.4 cm³/mol. The van der Waals surface area contributed by atoms with Crippen LogP contribution >= 0.6 is 0 Å². The van der Waals surface area contributed by atoms with Crippen molar-refractivity contribution in [2.45, 2.75) is 19.3 Å². The fourth-order valence-electron chi connectivity index (χ4n) is 1.60. The number of aromatic nitrogens is 1. The van der Waals surface area contributed by atoms with Gasteiger partial charge in [-0.1, -0.05) is 6.42 Å². The van der Waals surface area contributed by atoms with Crippen molar-refractivity contribution in [1.82, 2.24) is 15.6 Å². The molecule has 7 heteroatoms. The molecule has 0 atom stereocenters. The molecule has 120 valence electrons. The van der Waals surface area contributed by atoms with E-state index in [-0.39, 0.29) is 0 Å². The highest BCUT2D eigenvalue weighted by molar-refractivity contribution is 5.47. The molecule has 21 heavy (non-hydrogen) atoms. The van der Waals surface area contributed by atoms with Gasteiger partial charge in [0.25, 0.3) is 0 Å². The average molecular weight is 298 g/mol. The molecule has 0 amide bonds. The molecule has 0 saturated carbocycles. The summed E-state index contributed by atoms with van der Waals surface area (Å²) in [5.74, 6) is 0. The smallest absolute Gasteiger partial charge is 0.180 e. The van der Waals surface area contributed by atoms with E-state index in [0.717, 1.165) is 33.0 Å². The zero-order chi connectivity index (χ0) is 14.8. The van der Waals surface area contributed by atoms with Crippen LogP contribution in [0.5, 0.6) is 0 Å². The maximum atomic E-state index is 4.83. The predicted octanol–water partition coefficient (Wildman–Crippen LogP) is 1.04. The lowest BCUT2D eigenvalue weighted by Gasteiger charge is -2.08. The van der Waals surface area contributed by atoms with Gasteiger partial charge >= 0.3 is 0 Å². The molecular weight excluding hydrogens is 272 g/mol. The van der Waals surface area contributed by atoms with Crippen LogP contribution in [-0.2, 0) is 9.47 Å². The first kappa shape index (κ1) is 17.6. The number of hydrogen-bond donors (Lipinski definition) is 2. The molecule has 0 bridgehead atoms. The van der Waals surface area contributed by atoms with Gasteiger partial charge in [0, 0.05) is 6.54 Å². The van der Waals surface area contributed by atoms with Gasteiger partial charge in [0.15, 0.2) is 12.8 Å². The van der Waals surface area contributed by atoms with Crippen LogP contribution in [0, 0.1) is 0 Å². The minimum atomic E-state index is 0.750. The Labute approximate surface area is 126 Å². The third kappa shape index (κ3) is 13.3. The van der Waals surface area contributed by atoms with Gasteiger partial charge in [-0.25, -0.2) is 4.98 Å². The largest absolute Gasteiger partial charge is 0.482 e. The molecule has 2 saturated heterocycles. The molecule has 1 aromatic rings. The number of piperidine rings is 1. The van der Waals surface area contributed by atoms with Crippen molar-refractivity contribution in [1.29, 1.82) is 0 Å². The molecule has 4 heterocycles. The van der Waals surface area contributed by atoms with E-state index in [4.69, 9.17) is 4.74 Å². The van der Waals surface area contributed by atoms with Crippen LogP contribution in [0.4, 0.5) is 0 Å². The molecule has 1 aromatic heterocycles. The van der Waals surface area contributed by atoms with Crippen LogP contribution in [0.1, 0.15) is 19.3 Å². The minimum Gasteiger partial charge on any atom is -0.482 e. The molecule has 0 aliphatic carbocycles. The minimum absolute atomic E-state index is 0.750. The van der Waals surface area contributed by atoms with Crippen LogP contribution in [0.25, 0.3) is 0 Å². The fourth-order valence-corrected chi connectivity index (χ4v) is 1.60. The Hall–Kier alpha value is -1.44. The molecule has 7 nitrogen and oxygen atoms in total. The van der Waals surface area contributed by atoms with E-state index in [2.05, 4.69) is 29.8 Å². The van der Waals surface area contributed by atoms with E-state index < -0.39 is 0 Å². The van der Waals surface area contributed by atoms with E-state index in [1.165, 1.54) is 51.4 Å². The van der Waals surface area contributed by atoms with Gasteiger partial charge in [0.1, 0.15) is 12.9 Å². The first-order chi connectivity index (χ1) is 10.5. The van der Waals surface area contributed by atoms with Crippen molar-refractivity contribution in [3.8, 4) is 0 Å². The summed E-state index contributed by atoms with van der Waals surface area (Å²) >= 11 is 0. The van der Waals surface area contributed by atoms with Crippen molar-refractivity contribution in [2.75, 3.05) is 46.1 Å². The molecule has 0 unspecified atom stereocenters. The van der Waals surface area contributed by atoms with Crippen LogP contribution in [0.15, 0.2) is 28.3 Å². The summed E-state index contributed by atoms with van der Waals surface area (Å²) in [6.45, 7) is 6.79. The molecule has 3 aliphatic heterocycles. The zero-order valence-electron chi connectivity index (χ0n) is 12.5. The van der Waals surface area contributed by atoms with E-state index in [1.807, 2.05) is 0 Å².